The summed E-state index contributed by atoms with van der Waals surface area (Å²) in [5.74, 6) is 2.81. The fourth-order valence-corrected chi connectivity index (χ4v) is 1.92. The van der Waals surface area contributed by atoms with Gasteiger partial charge in [-0.05, 0) is 36.4 Å². The number of ether oxygens (including phenoxy) is 2. The van der Waals surface area contributed by atoms with E-state index in [1.165, 1.54) is 37.4 Å². The maximum absolute atomic E-state index is 13.3. The molecule has 1 amide bonds. The molecule has 0 bridgehead atoms. The van der Waals surface area contributed by atoms with Crippen LogP contribution >= 0.6 is 0 Å². The van der Waals surface area contributed by atoms with E-state index in [4.69, 9.17) is 4.74 Å². The van der Waals surface area contributed by atoms with Gasteiger partial charge in [-0.2, -0.15) is 0 Å². The number of esters is 1. The lowest BCUT2D eigenvalue weighted by molar-refractivity contribution is 0.0600. The SMILES string of the molecule is COC(=O)c1ccc(C(=O)NCC#CCOc2ccc(F)cc2F)cc1. The van der Waals surface area contributed by atoms with Gasteiger partial charge in [0.1, 0.15) is 12.4 Å². The molecular weight excluding hydrogens is 344 g/mol. The molecule has 7 heteroatoms. The zero-order valence-corrected chi connectivity index (χ0v) is 13.8. The molecule has 26 heavy (non-hydrogen) atoms. The van der Waals surface area contributed by atoms with Crippen molar-refractivity contribution in [3.8, 4) is 17.6 Å². The number of nitrogens with one attached hydrogen (secondary N) is 1. The molecule has 0 radical (unpaired) electrons. The van der Waals surface area contributed by atoms with Gasteiger partial charge < -0.3 is 14.8 Å². The Labute approximate surface area is 148 Å². The van der Waals surface area contributed by atoms with Crippen LogP contribution in [0.3, 0.4) is 0 Å². The molecule has 5 nitrogen and oxygen atoms in total. The smallest absolute Gasteiger partial charge is 0.337 e. The summed E-state index contributed by atoms with van der Waals surface area (Å²) in [6.45, 7) is -0.0426. The van der Waals surface area contributed by atoms with Crippen LogP contribution in [-0.2, 0) is 4.74 Å². The highest BCUT2D eigenvalue weighted by atomic mass is 19.1. The third-order valence-corrected chi connectivity index (χ3v) is 3.22. The first-order valence-corrected chi connectivity index (χ1v) is 7.51. The first kappa shape index (κ1) is 18.9. The van der Waals surface area contributed by atoms with Crippen molar-refractivity contribution in [3.63, 3.8) is 0 Å². The van der Waals surface area contributed by atoms with Crippen molar-refractivity contribution in [1.82, 2.24) is 5.32 Å². The van der Waals surface area contributed by atoms with Gasteiger partial charge in [0, 0.05) is 11.6 Å². The van der Waals surface area contributed by atoms with Crippen molar-refractivity contribution in [3.05, 3.63) is 65.2 Å². The van der Waals surface area contributed by atoms with Crippen LogP contribution < -0.4 is 10.1 Å². The number of hydrogen-bond donors (Lipinski definition) is 1. The number of rotatable bonds is 5. The van der Waals surface area contributed by atoms with E-state index < -0.39 is 17.6 Å². The lowest BCUT2D eigenvalue weighted by Gasteiger charge is -2.03. The lowest BCUT2D eigenvalue weighted by Crippen LogP contribution is -2.23. The van der Waals surface area contributed by atoms with Gasteiger partial charge in [-0.1, -0.05) is 11.8 Å². The van der Waals surface area contributed by atoms with Crippen LogP contribution in [-0.4, -0.2) is 32.1 Å². The lowest BCUT2D eigenvalue weighted by atomic mass is 10.1. The summed E-state index contributed by atoms with van der Waals surface area (Å²) in [7, 11) is 1.27. The molecule has 0 aliphatic carbocycles. The van der Waals surface area contributed by atoms with Crippen molar-refractivity contribution in [2.24, 2.45) is 0 Å². The number of carbonyl (C=O) groups is 2. The largest absolute Gasteiger partial charge is 0.478 e. The quantitative estimate of drug-likeness (QED) is 0.658. The van der Waals surface area contributed by atoms with E-state index in [1.807, 2.05) is 0 Å². The molecule has 0 saturated heterocycles. The molecule has 2 rings (SSSR count). The highest BCUT2D eigenvalue weighted by Crippen LogP contribution is 2.17. The minimum absolute atomic E-state index is 0.0623. The number of halogens is 2. The van der Waals surface area contributed by atoms with Gasteiger partial charge in [0.15, 0.2) is 11.6 Å². The second-order valence-electron chi connectivity index (χ2n) is 4.97. The second-order valence-corrected chi connectivity index (χ2v) is 4.97. The van der Waals surface area contributed by atoms with Crippen molar-refractivity contribution in [2.75, 3.05) is 20.3 Å². The normalized spacial score (nSPS) is 9.65. The van der Waals surface area contributed by atoms with E-state index in [2.05, 4.69) is 21.9 Å². The van der Waals surface area contributed by atoms with Gasteiger partial charge >= 0.3 is 5.97 Å². The average Bonchev–Trinajstić information content (AvgIpc) is 2.65. The predicted octanol–water partition coefficient (Wildman–Crippen LogP) is 2.56. The van der Waals surface area contributed by atoms with Crippen molar-refractivity contribution < 1.29 is 27.8 Å². The van der Waals surface area contributed by atoms with E-state index in [0.29, 0.717) is 17.2 Å². The van der Waals surface area contributed by atoms with Gasteiger partial charge in [-0.3, -0.25) is 4.79 Å². The first-order valence-electron chi connectivity index (χ1n) is 7.51. The van der Waals surface area contributed by atoms with Crippen LogP contribution in [0.4, 0.5) is 8.78 Å². The average molecular weight is 359 g/mol. The zero-order valence-electron chi connectivity index (χ0n) is 13.8. The van der Waals surface area contributed by atoms with Crippen molar-refractivity contribution >= 4 is 11.9 Å². The number of benzene rings is 2. The predicted molar refractivity (Wildman–Crippen MR) is 89.7 cm³/mol. The summed E-state index contributed by atoms with van der Waals surface area (Å²) >= 11 is 0. The van der Waals surface area contributed by atoms with Crippen LogP contribution in [0.1, 0.15) is 20.7 Å². The Balaban J connectivity index is 1.78. The number of amides is 1. The number of methoxy groups -OCH3 is 1. The summed E-state index contributed by atoms with van der Waals surface area (Å²) in [6.07, 6.45) is 0. The molecule has 2 aromatic carbocycles. The Bertz CT molecular complexity index is 854. The van der Waals surface area contributed by atoms with Crippen molar-refractivity contribution in [2.45, 2.75) is 0 Å². The fraction of sp³-hybridized carbons (Fsp3) is 0.158. The van der Waals surface area contributed by atoms with Gasteiger partial charge in [-0.15, -0.1) is 0 Å². The van der Waals surface area contributed by atoms with E-state index in [1.54, 1.807) is 0 Å². The summed E-state index contributed by atoms with van der Waals surface area (Å²) in [5.41, 5.74) is 0.707. The summed E-state index contributed by atoms with van der Waals surface area (Å²) in [6, 6.07) is 8.93. The van der Waals surface area contributed by atoms with Crippen LogP contribution in [0.2, 0.25) is 0 Å². The van der Waals surface area contributed by atoms with Crippen LogP contribution in [0, 0.1) is 23.5 Å². The van der Waals surface area contributed by atoms with Crippen LogP contribution in [0.15, 0.2) is 42.5 Å². The second kappa shape index (κ2) is 9.18. The highest BCUT2D eigenvalue weighted by Gasteiger charge is 2.08. The molecule has 0 heterocycles. The number of hydrogen-bond acceptors (Lipinski definition) is 4. The molecule has 2 aromatic rings. The summed E-state index contributed by atoms with van der Waals surface area (Å²) in [4.78, 5) is 23.2. The Morgan fingerprint density at radius 3 is 2.38 bits per heavy atom. The van der Waals surface area contributed by atoms with Crippen LogP contribution in [0.25, 0.3) is 0 Å². The van der Waals surface area contributed by atoms with E-state index in [-0.39, 0.29) is 24.8 Å². The molecule has 0 aromatic heterocycles. The molecule has 0 atom stereocenters. The Morgan fingerprint density at radius 2 is 1.73 bits per heavy atom. The molecule has 0 spiro atoms. The molecule has 0 aliphatic heterocycles. The van der Waals surface area contributed by atoms with Gasteiger partial charge in [-0.25, -0.2) is 13.6 Å². The monoisotopic (exact) mass is 359 g/mol. The number of carbonyl (C=O) groups excluding carboxylic acids is 2. The molecule has 0 fully saturated rings. The van der Waals surface area contributed by atoms with Gasteiger partial charge in [0.2, 0.25) is 0 Å². The van der Waals surface area contributed by atoms with E-state index >= 15 is 0 Å². The fourth-order valence-electron chi connectivity index (χ4n) is 1.92. The minimum Gasteiger partial charge on any atom is -0.478 e. The molecular formula is C19H15F2NO4. The molecule has 1 N–H and O–H groups in total. The summed E-state index contributed by atoms with van der Waals surface area (Å²) < 4.78 is 35.7. The van der Waals surface area contributed by atoms with Gasteiger partial charge in [0.05, 0.1) is 19.2 Å². The zero-order chi connectivity index (χ0) is 18.9. The summed E-state index contributed by atoms with van der Waals surface area (Å²) in [5, 5.41) is 2.57. The highest BCUT2D eigenvalue weighted by molar-refractivity contribution is 5.96. The first-order chi connectivity index (χ1) is 12.5. The topological polar surface area (TPSA) is 64.6 Å². The molecule has 0 aliphatic rings. The maximum atomic E-state index is 13.3. The molecule has 0 unspecified atom stereocenters. The molecule has 134 valence electrons. The van der Waals surface area contributed by atoms with E-state index in [0.717, 1.165) is 6.07 Å². The van der Waals surface area contributed by atoms with Gasteiger partial charge in [0.25, 0.3) is 5.91 Å². The maximum Gasteiger partial charge on any atom is 0.337 e. The van der Waals surface area contributed by atoms with E-state index in [9.17, 15) is 18.4 Å². The third-order valence-electron chi connectivity index (χ3n) is 3.22. The Morgan fingerprint density at radius 1 is 1.04 bits per heavy atom. The Kier molecular flexibility index (Phi) is 6.68. The van der Waals surface area contributed by atoms with Crippen molar-refractivity contribution in [1.29, 1.82) is 0 Å². The standard InChI is InChI=1S/C19H15F2NO4/c1-25-19(24)14-6-4-13(5-7-14)18(23)22-10-2-3-11-26-17-9-8-15(20)12-16(17)21/h4-9,12H,10-11H2,1H3,(H,22,23). The Hall–Kier alpha value is -3.40. The molecule has 0 saturated carbocycles. The van der Waals surface area contributed by atoms with Crippen LogP contribution in [0.5, 0.6) is 5.75 Å². The minimum atomic E-state index is -0.810. The third kappa shape index (κ3) is 5.31.